The highest BCUT2D eigenvalue weighted by molar-refractivity contribution is 5.85. The Balaban J connectivity index is 0.00000324. The number of halogens is 1. The SMILES string of the molecule is CCOC(=O)C[C@@H](N)c1ccc(O)c(OCC)c1.Cl. The van der Waals surface area contributed by atoms with E-state index in [9.17, 15) is 9.90 Å². The van der Waals surface area contributed by atoms with Gasteiger partial charge in [-0.1, -0.05) is 6.07 Å². The second-order valence-electron chi connectivity index (χ2n) is 3.78. The van der Waals surface area contributed by atoms with Crippen molar-refractivity contribution in [3.05, 3.63) is 23.8 Å². The highest BCUT2D eigenvalue weighted by Crippen LogP contribution is 2.29. The normalized spacial score (nSPS) is 11.3. The Morgan fingerprint density at radius 3 is 2.63 bits per heavy atom. The lowest BCUT2D eigenvalue weighted by Gasteiger charge is -2.13. The number of phenols is 1. The van der Waals surface area contributed by atoms with E-state index in [1.54, 1.807) is 19.1 Å². The van der Waals surface area contributed by atoms with Gasteiger partial charge in [0.25, 0.3) is 0 Å². The Bertz CT molecular complexity index is 412. The van der Waals surface area contributed by atoms with Gasteiger partial charge >= 0.3 is 5.97 Å². The van der Waals surface area contributed by atoms with Gasteiger partial charge in [0.15, 0.2) is 11.5 Å². The molecule has 0 saturated carbocycles. The van der Waals surface area contributed by atoms with Crippen LogP contribution in [0.3, 0.4) is 0 Å². The zero-order chi connectivity index (χ0) is 13.5. The van der Waals surface area contributed by atoms with Crippen molar-refractivity contribution in [1.29, 1.82) is 0 Å². The molecule has 0 aliphatic rings. The van der Waals surface area contributed by atoms with E-state index in [1.165, 1.54) is 6.07 Å². The van der Waals surface area contributed by atoms with E-state index >= 15 is 0 Å². The Morgan fingerprint density at radius 1 is 1.37 bits per heavy atom. The molecule has 0 unspecified atom stereocenters. The third kappa shape index (κ3) is 5.36. The number of nitrogens with two attached hydrogens (primary N) is 1. The van der Waals surface area contributed by atoms with E-state index in [1.807, 2.05) is 6.92 Å². The number of ether oxygens (including phenoxy) is 2. The molecule has 0 amide bonds. The maximum absolute atomic E-state index is 11.3. The zero-order valence-electron chi connectivity index (χ0n) is 11.1. The molecule has 5 nitrogen and oxygen atoms in total. The average Bonchev–Trinajstić information content (AvgIpc) is 2.32. The number of carbonyl (C=O) groups excluding carboxylic acids is 1. The van der Waals surface area contributed by atoms with Crippen molar-refractivity contribution in [2.75, 3.05) is 13.2 Å². The molecule has 1 rings (SSSR count). The van der Waals surface area contributed by atoms with Gasteiger partial charge in [0.05, 0.1) is 19.6 Å². The van der Waals surface area contributed by atoms with Gasteiger partial charge in [0, 0.05) is 6.04 Å². The molecule has 108 valence electrons. The van der Waals surface area contributed by atoms with Gasteiger partial charge in [-0.3, -0.25) is 4.79 Å². The molecule has 0 aliphatic heterocycles. The van der Waals surface area contributed by atoms with Gasteiger partial charge in [-0.05, 0) is 31.5 Å². The molecule has 0 aromatic heterocycles. The lowest BCUT2D eigenvalue weighted by Crippen LogP contribution is -2.17. The first kappa shape index (κ1) is 17.5. The summed E-state index contributed by atoms with van der Waals surface area (Å²) in [4.78, 5) is 11.3. The van der Waals surface area contributed by atoms with Crippen LogP contribution in [0.1, 0.15) is 31.9 Å². The van der Waals surface area contributed by atoms with Crippen LogP contribution in [-0.4, -0.2) is 24.3 Å². The second-order valence-corrected chi connectivity index (χ2v) is 3.78. The number of benzene rings is 1. The monoisotopic (exact) mass is 289 g/mol. The van der Waals surface area contributed by atoms with E-state index in [0.717, 1.165) is 5.56 Å². The van der Waals surface area contributed by atoms with Crippen molar-refractivity contribution in [3.8, 4) is 11.5 Å². The quantitative estimate of drug-likeness (QED) is 0.784. The van der Waals surface area contributed by atoms with Crippen LogP contribution in [-0.2, 0) is 9.53 Å². The summed E-state index contributed by atoms with van der Waals surface area (Å²) in [5.74, 6) is 0.0919. The molecule has 1 atom stereocenters. The van der Waals surface area contributed by atoms with Gasteiger partial charge in [0.1, 0.15) is 0 Å². The van der Waals surface area contributed by atoms with Gasteiger partial charge in [-0.15, -0.1) is 12.4 Å². The third-order valence-electron chi connectivity index (χ3n) is 2.40. The lowest BCUT2D eigenvalue weighted by molar-refractivity contribution is -0.143. The van der Waals surface area contributed by atoms with Crippen molar-refractivity contribution >= 4 is 18.4 Å². The van der Waals surface area contributed by atoms with Crippen LogP contribution in [0.15, 0.2) is 18.2 Å². The maximum atomic E-state index is 11.3. The molecular weight excluding hydrogens is 270 g/mol. The summed E-state index contributed by atoms with van der Waals surface area (Å²) >= 11 is 0. The van der Waals surface area contributed by atoms with Gasteiger partial charge in [-0.25, -0.2) is 0 Å². The average molecular weight is 290 g/mol. The van der Waals surface area contributed by atoms with E-state index in [2.05, 4.69) is 0 Å². The van der Waals surface area contributed by atoms with Gasteiger partial charge < -0.3 is 20.3 Å². The summed E-state index contributed by atoms with van der Waals surface area (Å²) in [5, 5.41) is 9.56. The Labute approximate surface area is 119 Å². The fraction of sp³-hybridized carbons (Fsp3) is 0.462. The number of esters is 1. The van der Waals surface area contributed by atoms with E-state index < -0.39 is 6.04 Å². The highest BCUT2D eigenvalue weighted by Gasteiger charge is 2.14. The number of rotatable bonds is 6. The number of phenolic OH excluding ortho intramolecular Hbond substituents is 1. The summed E-state index contributed by atoms with van der Waals surface area (Å²) in [6.07, 6.45) is 0.101. The van der Waals surface area contributed by atoms with Crippen LogP contribution in [0, 0.1) is 0 Å². The van der Waals surface area contributed by atoms with Gasteiger partial charge in [0.2, 0.25) is 0 Å². The lowest BCUT2D eigenvalue weighted by atomic mass is 10.0. The van der Waals surface area contributed by atoms with Gasteiger partial charge in [-0.2, -0.15) is 0 Å². The minimum Gasteiger partial charge on any atom is -0.504 e. The molecule has 0 saturated heterocycles. The predicted molar refractivity (Wildman–Crippen MR) is 74.7 cm³/mol. The minimum absolute atomic E-state index is 0. The molecule has 0 radical (unpaired) electrons. The largest absolute Gasteiger partial charge is 0.504 e. The molecule has 0 spiro atoms. The first-order valence-corrected chi connectivity index (χ1v) is 5.95. The number of aromatic hydroxyl groups is 1. The summed E-state index contributed by atoms with van der Waals surface area (Å²) in [6.45, 7) is 4.36. The van der Waals surface area contributed by atoms with Crippen molar-refractivity contribution in [3.63, 3.8) is 0 Å². The number of hydrogen-bond acceptors (Lipinski definition) is 5. The molecule has 0 aliphatic carbocycles. The minimum atomic E-state index is -0.469. The van der Waals surface area contributed by atoms with Crippen molar-refractivity contribution in [1.82, 2.24) is 0 Å². The first-order valence-electron chi connectivity index (χ1n) is 5.95. The highest BCUT2D eigenvalue weighted by atomic mass is 35.5. The third-order valence-corrected chi connectivity index (χ3v) is 2.40. The summed E-state index contributed by atoms with van der Waals surface area (Å²) in [5.41, 5.74) is 6.63. The summed E-state index contributed by atoms with van der Waals surface area (Å²) in [7, 11) is 0. The van der Waals surface area contributed by atoms with Crippen LogP contribution in [0.2, 0.25) is 0 Å². The van der Waals surface area contributed by atoms with Crippen molar-refractivity contribution in [2.45, 2.75) is 26.3 Å². The van der Waals surface area contributed by atoms with E-state index in [-0.39, 0.29) is 30.5 Å². The molecule has 1 aromatic rings. The second kappa shape index (κ2) is 8.61. The number of carbonyl (C=O) groups is 1. The first-order chi connectivity index (χ1) is 8.58. The Kier molecular flexibility index (Phi) is 7.95. The van der Waals surface area contributed by atoms with Crippen LogP contribution in [0.25, 0.3) is 0 Å². The summed E-state index contributed by atoms with van der Waals surface area (Å²) < 4.78 is 10.1. The molecule has 1 aromatic carbocycles. The predicted octanol–water partition coefficient (Wildman–Crippen LogP) is 2.17. The van der Waals surface area contributed by atoms with Crippen LogP contribution < -0.4 is 10.5 Å². The molecule has 6 heteroatoms. The maximum Gasteiger partial charge on any atom is 0.307 e. The molecule has 3 N–H and O–H groups in total. The smallest absolute Gasteiger partial charge is 0.307 e. The van der Waals surface area contributed by atoms with E-state index in [0.29, 0.717) is 19.0 Å². The fourth-order valence-corrected chi connectivity index (χ4v) is 1.55. The zero-order valence-corrected chi connectivity index (χ0v) is 11.9. The number of hydrogen-bond donors (Lipinski definition) is 2. The molecule has 19 heavy (non-hydrogen) atoms. The fourth-order valence-electron chi connectivity index (χ4n) is 1.55. The van der Waals surface area contributed by atoms with Crippen LogP contribution in [0.5, 0.6) is 11.5 Å². The Morgan fingerprint density at radius 2 is 2.05 bits per heavy atom. The summed E-state index contributed by atoms with van der Waals surface area (Å²) in [6, 6.07) is 4.35. The van der Waals surface area contributed by atoms with Crippen LogP contribution in [0.4, 0.5) is 0 Å². The van der Waals surface area contributed by atoms with E-state index in [4.69, 9.17) is 15.2 Å². The van der Waals surface area contributed by atoms with Crippen molar-refractivity contribution in [2.24, 2.45) is 5.73 Å². The molecular formula is C13H20ClNO4. The van der Waals surface area contributed by atoms with Crippen molar-refractivity contribution < 1.29 is 19.4 Å². The molecule has 0 fully saturated rings. The molecule has 0 bridgehead atoms. The standard InChI is InChI=1S/C13H19NO4.ClH/c1-3-17-12-7-9(5-6-11(12)15)10(14)8-13(16)18-4-2;/h5-7,10,15H,3-4,8,14H2,1-2H3;1H/t10-;/m1./s1. The Hall–Kier alpha value is -1.46. The van der Waals surface area contributed by atoms with Crippen LogP contribution >= 0.6 is 12.4 Å². The topological polar surface area (TPSA) is 81.8 Å². The molecule has 0 heterocycles.